The van der Waals surface area contributed by atoms with Crippen molar-refractivity contribution in [3.05, 3.63) is 22.8 Å². The van der Waals surface area contributed by atoms with Crippen molar-refractivity contribution in [2.24, 2.45) is 0 Å². The van der Waals surface area contributed by atoms with E-state index in [4.69, 9.17) is 0 Å². The molecule has 0 saturated carbocycles. The number of fused-ring (bicyclic) bond motifs is 1. The van der Waals surface area contributed by atoms with E-state index in [2.05, 4.69) is 43.2 Å². The molecule has 0 radical (unpaired) electrons. The van der Waals surface area contributed by atoms with Crippen LogP contribution in [0.3, 0.4) is 0 Å². The molecule has 0 amide bonds. The van der Waals surface area contributed by atoms with Gasteiger partial charge < -0.3 is 10.2 Å². The first kappa shape index (κ1) is 12.3. The second-order valence-electron chi connectivity index (χ2n) is 4.39. The number of hydrogen-bond acceptors (Lipinski definition) is 4. The fourth-order valence-electron chi connectivity index (χ4n) is 1.73. The summed E-state index contributed by atoms with van der Waals surface area (Å²) in [6.45, 7) is 3.06. The lowest BCUT2D eigenvalue weighted by Gasteiger charge is -2.16. The number of aromatic nitrogens is 3. The summed E-state index contributed by atoms with van der Waals surface area (Å²) in [6.07, 6.45) is 1.89. The van der Waals surface area contributed by atoms with Crippen molar-refractivity contribution in [1.82, 2.24) is 19.5 Å². The normalized spacial score (nSPS) is 13.2. The highest BCUT2D eigenvalue weighted by Crippen LogP contribution is 2.12. The van der Waals surface area contributed by atoms with Gasteiger partial charge in [0.25, 0.3) is 0 Å². The minimum atomic E-state index is 0.311. The smallest absolute Gasteiger partial charge is 0.243 e. The van der Waals surface area contributed by atoms with Crippen LogP contribution in [0, 0.1) is 0 Å². The maximum atomic E-state index is 4.40. The van der Waals surface area contributed by atoms with E-state index in [1.165, 1.54) is 0 Å². The van der Waals surface area contributed by atoms with Crippen LogP contribution in [0.15, 0.2) is 22.8 Å². The van der Waals surface area contributed by atoms with Crippen LogP contribution in [0.25, 0.3) is 5.65 Å². The van der Waals surface area contributed by atoms with E-state index in [1.54, 1.807) is 4.52 Å². The molecule has 17 heavy (non-hydrogen) atoms. The van der Waals surface area contributed by atoms with Crippen LogP contribution < -0.4 is 5.32 Å². The van der Waals surface area contributed by atoms with E-state index in [9.17, 15) is 0 Å². The summed E-state index contributed by atoms with van der Waals surface area (Å²) < 4.78 is 2.75. The van der Waals surface area contributed by atoms with Gasteiger partial charge in [-0.2, -0.15) is 4.98 Å². The third-order valence-corrected chi connectivity index (χ3v) is 2.78. The minimum Gasteiger partial charge on any atom is -0.349 e. The molecule has 0 aliphatic rings. The Hall–Kier alpha value is -1.14. The largest absolute Gasteiger partial charge is 0.349 e. The second-order valence-corrected chi connectivity index (χ2v) is 5.31. The van der Waals surface area contributed by atoms with E-state index >= 15 is 0 Å². The fraction of sp³-hybridized carbons (Fsp3) is 0.455. The summed E-state index contributed by atoms with van der Waals surface area (Å²) in [4.78, 5) is 6.53. The molecule has 5 nitrogen and oxygen atoms in total. The SMILES string of the molecule is CC(CN(C)C)Nc1nc2ccc(Br)cn2n1. The topological polar surface area (TPSA) is 45.5 Å². The van der Waals surface area contributed by atoms with Gasteiger partial charge in [-0.3, -0.25) is 0 Å². The van der Waals surface area contributed by atoms with Gasteiger partial charge in [-0.15, -0.1) is 5.10 Å². The second kappa shape index (κ2) is 5.01. The number of nitrogens with zero attached hydrogens (tertiary/aromatic N) is 4. The van der Waals surface area contributed by atoms with Crippen molar-refractivity contribution in [3.8, 4) is 0 Å². The third-order valence-electron chi connectivity index (χ3n) is 2.31. The highest BCUT2D eigenvalue weighted by molar-refractivity contribution is 9.10. The lowest BCUT2D eigenvalue weighted by Crippen LogP contribution is -2.30. The van der Waals surface area contributed by atoms with Crippen LogP contribution in [0.1, 0.15) is 6.92 Å². The van der Waals surface area contributed by atoms with Crippen molar-refractivity contribution >= 4 is 27.5 Å². The van der Waals surface area contributed by atoms with Crippen LogP contribution >= 0.6 is 15.9 Å². The predicted octanol–water partition coefficient (Wildman–Crippen LogP) is 1.85. The van der Waals surface area contributed by atoms with Crippen LogP contribution in [0.2, 0.25) is 0 Å². The summed E-state index contributed by atoms with van der Waals surface area (Å²) in [5, 5.41) is 7.65. The van der Waals surface area contributed by atoms with Gasteiger partial charge >= 0.3 is 0 Å². The van der Waals surface area contributed by atoms with Gasteiger partial charge in [0, 0.05) is 23.3 Å². The van der Waals surface area contributed by atoms with E-state index < -0.39 is 0 Å². The highest BCUT2D eigenvalue weighted by Gasteiger charge is 2.08. The van der Waals surface area contributed by atoms with Crippen LogP contribution in [-0.4, -0.2) is 46.2 Å². The standard InChI is InChI=1S/C11H16BrN5/c1-8(6-16(2)3)13-11-14-10-5-4-9(12)7-17(10)15-11/h4-5,7-8H,6H2,1-3H3,(H,13,15). The fourth-order valence-corrected chi connectivity index (χ4v) is 2.06. The molecule has 0 fully saturated rings. The van der Waals surface area contributed by atoms with Crippen molar-refractivity contribution in [1.29, 1.82) is 0 Å². The van der Waals surface area contributed by atoms with E-state index in [1.807, 2.05) is 32.4 Å². The summed E-state index contributed by atoms with van der Waals surface area (Å²) in [5.74, 6) is 0.664. The molecule has 0 aromatic carbocycles. The molecule has 1 atom stereocenters. The first-order valence-electron chi connectivity index (χ1n) is 5.48. The van der Waals surface area contributed by atoms with E-state index in [-0.39, 0.29) is 0 Å². The van der Waals surface area contributed by atoms with Crippen LogP contribution in [0.4, 0.5) is 5.95 Å². The van der Waals surface area contributed by atoms with E-state index in [0.29, 0.717) is 12.0 Å². The van der Waals surface area contributed by atoms with Gasteiger partial charge in [0.15, 0.2) is 5.65 Å². The van der Waals surface area contributed by atoms with Crippen LogP contribution in [-0.2, 0) is 0 Å². The molecule has 0 aliphatic carbocycles. The average molecular weight is 298 g/mol. The monoisotopic (exact) mass is 297 g/mol. The number of anilines is 1. The molecule has 92 valence electrons. The quantitative estimate of drug-likeness (QED) is 0.936. The number of nitrogens with one attached hydrogen (secondary N) is 1. The van der Waals surface area contributed by atoms with E-state index in [0.717, 1.165) is 16.7 Å². The zero-order valence-electron chi connectivity index (χ0n) is 10.2. The molecule has 2 aromatic heterocycles. The molecule has 6 heteroatoms. The summed E-state index contributed by atoms with van der Waals surface area (Å²) in [5.41, 5.74) is 0.841. The van der Waals surface area contributed by atoms with Crippen LogP contribution in [0.5, 0.6) is 0 Å². The molecule has 2 aromatic rings. The molecule has 0 bridgehead atoms. The summed E-state index contributed by atoms with van der Waals surface area (Å²) in [7, 11) is 4.10. The van der Waals surface area contributed by atoms with Crippen molar-refractivity contribution in [3.63, 3.8) is 0 Å². The number of pyridine rings is 1. The molecule has 1 unspecified atom stereocenters. The van der Waals surface area contributed by atoms with Crippen molar-refractivity contribution in [2.45, 2.75) is 13.0 Å². The first-order valence-corrected chi connectivity index (χ1v) is 6.27. The Balaban J connectivity index is 2.14. The Labute approximate surface area is 109 Å². The summed E-state index contributed by atoms with van der Waals surface area (Å²) >= 11 is 3.41. The molecule has 0 aliphatic heterocycles. The number of likely N-dealkylation sites (N-methyl/N-ethyl adjacent to an activating group) is 1. The number of hydrogen-bond donors (Lipinski definition) is 1. The third kappa shape index (κ3) is 3.17. The molecule has 1 N–H and O–H groups in total. The Morgan fingerprint density at radius 3 is 2.94 bits per heavy atom. The molecular weight excluding hydrogens is 282 g/mol. The number of rotatable bonds is 4. The van der Waals surface area contributed by atoms with Gasteiger partial charge in [-0.25, -0.2) is 4.52 Å². The Morgan fingerprint density at radius 2 is 2.24 bits per heavy atom. The lowest BCUT2D eigenvalue weighted by atomic mass is 10.3. The number of halogens is 1. The maximum absolute atomic E-state index is 4.40. The van der Waals surface area contributed by atoms with Gasteiger partial charge in [-0.1, -0.05) is 0 Å². The van der Waals surface area contributed by atoms with Gasteiger partial charge in [-0.05, 0) is 49.1 Å². The van der Waals surface area contributed by atoms with Crippen molar-refractivity contribution in [2.75, 3.05) is 26.0 Å². The minimum absolute atomic E-state index is 0.311. The molecule has 0 saturated heterocycles. The van der Waals surface area contributed by atoms with Crippen molar-refractivity contribution < 1.29 is 0 Å². The predicted molar refractivity (Wildman–Crippen MR) is 72.3 cm³/mol. The summed E-state index contributed by atoms with van der Waals surface area (Å²) in [6, 6.07) is 4.20. The Kier molecular flexibility index (Phi) is 3.63. The molecule has 2 heterocycles. The first-order chi connectivity index (χ1) is 8.04. The Bertz CT molecular complexity index is 508. The van der Waals surface area contributed by atoms with Gasteiger partial charge in [0.1, 0.15) is 0 Å². The maximum Gasteiger partial charge on any atom is 0.243 e. The molecule has 0 spiro atoms. The molecular formula is C11H16BrN5. The zero-order valence-corrected chi connectivity index (χ0v) is 11.8. The van der Waals surface area contributed by atoms with Gasteiger partial charge in [0.2, 0.25) is 5.95 Å². The van der Waals surface area contributed by atoms with Gasteiger partial charge in [0.05, 0.1) is 0 Å². The Morgan fingerprint density at radius 1 is 1.47 bits per heavy atom. The zero-order chi connectivity index (χ0) is 12.4. The highest BCUT2D eigenvalue weighted by atomic mass is 79.9. The lowest BCUT2D eigenvalue weighted by molar-refractivity contribution is 0.391. The molecule has 2 rings (SSSR count). The average Bonchev–Trinajstić information content (AvgIpc) is 2.57.